The Morgan fingerprint density at radius 2 is 2.18 bits per heavy atom. The Morgan fingerprint density at radius 1 is 1.30 bits per heavy atom. The minimum Gasteiger partial charge on any atom is -0.490 e. The zero-order valence-corrected chi connectivity index (χ0v) is 20.1. The number of aromatic nitrogens is 1. The molecule has 1 aromatic carbocycles. The minimum absolute atomic E-state index is 0.0284. The van der Waals surface area contributed by atoms with Gasteiger partial charge in [0.15, 0.2) is 0 Å². The van der Waals surface area contributed by atoms with E-state index in [4.69, 9.17) is 15.5 Å². The molecule has 0 amide bonds. The van der Waals surface area contributed by atoms with Gasteiger partial charge in [0.2, 0.25) is 0 Å². The minimum atomic E-state index is 0.0284. The van der Waals surface area contributed by atoms with E-state index in [0.29, 0.717) is 23.4 Å². The van der Waals surface area contributed by atoms with Crippen molar-refractivity contribution in [2.24, 2.45) is 5.73 Å². The number of hydrogen-bond donors (Lipinski definition) is 1. The summed E-state index contributed by atoms with van der Waals surface area (Å²) in [6.07, 6.45) is 13.2. The van der Waals surface area contributed by atoms with Crippen LogP contribution in [0.25, 0.3) is 16.1 Å². The topological polar surface area (TPSA) is 75.2 Å². The maximum Gasteiger partial charge on any atom is 0.137 e. The SMILES string of the molecule is CC(C)Oc1ccc(-c2ncc(C3=C4CCC(N5CCC(N)C5)C(=CC=C3)C4)s2)cc1C#N. The van der Waals surface area contributed by atoms with Crippen LogP contribution in [-0.2, 0) is 0 Å². The number of ether oxygens (including phenoxy) is 1. The second kappa shape index (κ2) is 9.26. The number of nitrogens with zero attached hydrogens (tertiary/aromatic N) is 3. The number of hydrogen-bond acceptors (Lipinski definition) is 6. The lowest BCUT2D eigenvalue weighted by molar-refractivity contribution is 0.242. The van der Waals surface area contributed by atoms with Crippen molar-refractivity contribution in [3.05, 3.63) is 64.2 Å². The molecule has 5 nitrogen and oxygen atoms in total. The van der Waals surface area contributed by atoms with Crippen LogP contribution in [0.2, 0.25) is 0 Å². The highest BCUT2D eigenvalue weighted by Crippen LogP contribution is 2.41. The van der Waals surface area contributed by atoms with Crippen molar-refractivity contribution in [1.29, 1.82) is 5.26 Å². The van der Waals surface area contributed by atoms with Gasteiger partial charge in [-0.1, -0.05) is 23.8 Å². The van der Waals surface area contributed by atoms with Gasteiger partial charge in [-0.2, -0.15) is 5.26 Å². The summed E-state index contributed by atoms with van der Waals surface area (Å²) < 4.78 is 5.77. The summed E-state index contributed by atoms with van der Waals surface area (Å²) in [6, 6.07) is 8.86. The summed E-state index contributed by atoms with van der Waals surface area (Å²) in [6.45, 7) is 6.06. The molecule has 170 valence electrons. The first-order chi connectivity index (χ1) is 16.0. The molecule has 5 rings (SSSR count). The third-order valence-electron chi connectivity index (χ3n) is 6.70. The number of fused-ring (bicyclic) bond motifs is 2. The predicted molar refractivity (Wildman–Crippen MR) is 134 cm³/mol. The van der Waals surface area contributed by atoms with Crippen molar-refractivity contribution in [3.63, 3.8) is 0 Å². The molecule has 1 saturated heterocycles. The van der Waals surface area contributed by atoms with Crippen LogP contribution in [0.15, 0.2) is 53.8 Å². The van der Waals surface area contributed by atoms with Crippen LogP contribution in [0.5, 0.6) is 5.75 Å². The van der Waals surface area contributed by atoms with E-state index in [1.807, 2.05) is 38.2 Å². The fraction of sp³-hybridized carbons (Fsp3) is 0.407. The molecule has 2 aromatic rings. The van der Waals surface area contributed by atoms with Gasteiger partial charge in [-0.3, -0.25) is 4.90 Å². The summed E-state index contributed by atoms with van der Waals surface area (Å²) in [7, 11) is 0. The van der Waals surface area contributed by atoms with Crippen LogP contribution in [-0.4, -0.2) is 41.2 Å². The summed E-state index contributed by atoms with van der Waals surface area (Å²) >= 11 is 1.69. The van der Waals surface area contributed by atoms with E-state index in [1.165, 1.54) is 21.6 Å². The molecule has 2 atom stereocenters. The number of nitrogens with two attached hydrogens (primary N) is 1. The van der Waals surface area contributed by atoms with E-state index in [0.717, 1.165) is 49.3 Å². The molecule has 0 spiro atoms. The lowest BCUT2D eigenvalue weighted by Crippen LogP contribution is -2.38. The Kier molecular flexibility index (Phi) is 6.20. The van der Waals surface area contributed by atoms with E-state index >= 15 is 0 Å². The van der Waals surface area contributed by atoms with Gasteiger partial charge in [-0.15, -0.1) is 11.3 Å². The number of allylic oxidation sites excluding steroid dienone is 5. The second-order valence-electron chi connectivity index (χ2n) is 9.41. The van der Waals surface area contributed by atoms with Gasteiger partial charge in [0.1, 0.15) is 16.8 Å². The third-order valence-corrected chi connectivity index (χ3v) is 7.78. The standard InChI is InChI=1S/C27H30N4OS/c1-17(2)32-25-9-7-20(13-21(25)14-28)27-30-15-26(33-27)23-5-3-4-19-12-18(23)6-8-24(19)31-11-10-22(29)16-31/h3-5,7,9,13,15,17,22,24H,6,8,10-12,16,29H2,1-2H3. The number of nitriles is 1. The van der Waals surface area contributed by atoms with Gasteiger partial charge in [0.05, 0.1) is 16.5 Å². The van der Waals surface area contributed by atoms with Crippen molar-refractivity contribution in [2.45, 2.75) is 57.7 Å². The first kappa shape index (κ1) is 22.1. The molecule has 3 aliphatic rings. The predicted octanol–water partition coefficient (Wildman–Crippen LogP) is 5.30. The number of benzene rings is 1. The number of rotatable bonds is 5. The molecule has 1 aromatic heterocycles. The molecule has 2 heterocycles. The third kappa shape index (κ3) is 4.54. The van der Waals surface area contributed by atoms with Crippen LogP contribution in [0, 0.1) is 11.3 Å². The summed E-state index contributed by atoms with van der Waals surface area (Å²) in [5.41, 5.74) is 12.0. The Balaban J connectivity index is 1.38. The monoisotopic (exact) mass is 458 g/mol. The quantitative estimate of drug-likeness (QED) is 0.658. The molecule has 2 aliphatic carbocycles. The normalized spacial score (nSPS) is 22.9. The highest BCUT2D eigenvalue weighted by Gasteiger charge is 2.32. The van der Waals surface area contributed by atoms with E-state index in [-0.39, 0.29) is 6.10 Å². The second-order valence-corrected chi connectivity index (χ2v) is 10.4. The Hall–Kier alpha value is -2.72. The average molecular weight is 459 g/mol. The Bertz CT molecular complexity index is 1180. The highest BCUT2D eigenvalue weighted by molar-refractivity contribution is 7.16. The van der Waals surface area contributed by atoms with E-state index in [9.17, 15) is 5.26 Å². The Morgan fingerprint density at radius 3 is 2.94 bits per heavy atom. The van der Waals surface area contributed by atoms with Crippen LogP contribution in [0.1, 0.15) is 50.0 Å². The summed E-state index contributed by atoms with van der Waals surface area (Å²) in [5, 5.41) is 10.5. The van der Waals surface area contributed by atoms with Crippen molar-refractivity contribution < 1.29 is 4.74 Å². The molecule has 33 heavy (non-hydrogen) atoms. The van der Waals surface area contributed by atoms with Crippen LogP contribution < -0.4 is 10.5 Å². The average Bonchev–Trinajstić information content (AvgIpc) is 3.42. The van der Waals surface area contributed by atoms with E-state index in [2.05, 4.69) is 29.2 Å². The van der Waals surface area contributed by atoms with Gasteiger partial charge in [-0.05, 0) is 68.9 Å². The van der Waals surface area contributed by atoms with Crippen LogP contribution in [0.3, 0.4) is 0 Å². The smallest absolute Gasteiger partial charge is 0.137 e. The van der Waals surface area contributed by atoms with Crippen molar-refractivity contribution in [2.75, 3.05) is 13.1 Å². The fourth-order valence-electron chi connectivity index (χ4n) is 5.15. The van der Waals surface area contributed by atoms with Gasteiger partial charge in [0, 0.05) is 36.9 Å². The largest absolute Gasteiger partial charge is 0.490 e. The number of thiazole rings is 1. The lowest BCUT2D eigenvalue weighted by Gasteiger charge is -2.34. The molecule has 2 bridgehead atoms. The van der Waals surface area contributed by atoms with Gasteiger partial charge < -0.3 is 10.5 Å². The molecule has 0 radical (unpaired) electrons. The zero-order valence-electron chi connectivity index (χ0n) is 19.3. The van der Waals surface area contributed by atoms with Crippen molar-refractivity contribution in [3.8, 4) is 22.4 Å². The number of likely N-dealkylation sites (tertiary alicyclic amines) is 1. The van der Waals surface area contributed by atoms with Crippen molar-refractivity contribution >= 4 is 16.9 Å². The van der Waals surface area contributed by atoms with E-state index < -0.39 is 0 Å². The molecule has 1 saturated carbocycles. The van der Waals surface area contributed by atoms with E-state index in [1.54, 1.807) is 11.3 Å². The van der Waals surface area contributed by atoms with Crippen molar-refractivity contribution in [1.82, 2.24) is 9.88 Å². The molecule has 6 heteroatoms. The van der Waals surface area contributed by atoms with Crippen LogP contribution >= 0.6 is 11.3 Å². The van der Waals surface area contributed by atoms with Gasteiger partial charge in [0.25, 0.3) is 0 Å². The fourth-order valence-corrected chi connectivity index (χ4v) is 6.13. The first-order valence-electron chi connectivity index (χ1n) is 11.8. The zero-order chi connectivity index (χ0) is 22.9. The summed E-state index contributed by atoms with van der Waals surface area (Å²) in [5.74, 6) is 0.624. The van der Waals surface area contributed by atoms with Gasteiger partial charge in [-0.25, -0.2) is 4.98 Å². The molecule has 1 aliphatic heterocycles. The molecule has 2 fully saturated rings. The molecular weight excluding hydrogens is 428 g/mol. The molecule has 2 N–H and O–H groups in total. The maximum atomic E-state index is 9.58. The molecular formula is C27H30N4OS. The first-order valence-corrected chi connectivity index (χ1v) is 12.6. The lowest BCUT2D eigenvalue weighted by atomic mass is 9.84. The maximum absolute atomic E-state index is 9.58. The Labute approximate surface area is 199 Å². The highest BCUT2D eigenvalue weighted by atomic mass is 32.1. The molecule has 2 unspecified atom stereocenters. The van der Waals surface area contributed by atoms with Crippen LogP contribution in [0.4, 0.5) is 0 Å². The van der Waals surface area contributed by atoms with Gasteiger partial charge >= 0.3 is 0 Å². The summed E-state index contributed by atoms with van der Waals surface area (Å²) in [4.78, 5) is 8.48.